The van der Waals surface area contributed by atoms with Crippen molar-refractivity contribution in [1.29, 1.82) is 0 Å². The third-order valence-corrected chi connectivity index (χ3v) is 4.14. The van der Waals surface area contributed by atoms with Crippen molar-refractivity contribution in [2.45, 2.75) is 26.5 Å². The average Bonchev–Trinajstić information content (AvgIpc) is 2.69. The number of hydrogen-bond acceptors (Lipinski definition) is 4. The van der Waals surface area contributed by atoms with Crippen LogP contribution in [0.5, 0.6) is 5.75 Å². The Kier molecular flexibility index (Phi) is 6.50. The van der Waals surface area contributed by atoms with E-state index in [1.165, 1.54) is 0 Å². The first-order valence-electron chi connectivity index (χ1n) is 9.01. The highest BCUT2D eigenvalue weighted by Gasteiger charge is 2.07. The van der Waals surface area contributed by atoms with Gasteiger partial charge in [-0.2, -0.15) is 0 Å². The van der Waals surface area contributed by atoms with Crippen molar-refractivity contribution in [2.75, 3.05) is 5.32 Å². The Morgan fingerprint density at radius 1 is 1.04 bits per heavy atom. The molecule has 0 aliphatic rings. The van der Waals surface area contributed by atoms with Crippen molar-refractivity contribution in [3.8, 4) is 5.75 Å². The highest BCUT2D eigenvalue weighted by molar-refractivity contribution is 6.30. The third-order valence-electron chi connectivity index (χ3n) is 3.89. The molecule has 0 aliphatic heterocycles. The van der Waals surface area contributed by atoms with E-state index < -0.39 is 0 Å². The summed E-state index contributed by atoms with van der Waals surface area (Å²) in [5, 5.41) is 6.76. The Bertz CT molecular complexity index is 908. The van der Waals surface area contributed by atoms with Crippen LogP contribution in [0.15, 0.2) is 66.9 Å². The molecule has 144 valence electrons. The first kappa shape index (κ1) is 19.7. The number of hydrogen-bond donors (Lipinski definition) is 2. The number of carbonyl (C=O) groups is 1. The Labute approximate surface area is 169 Å². The van der Waals surface area contributed by atoms with E-state index in [1.807, 2.05) is 62.4 Å². The fourth-order valence-electron chi connectivity index (χ4n) is 2.48. The molecule has 5 nitrogen and oxygen atoms in total. The molecule has 3 rings (SSSR count). The van der Waals surface area contributed by atoms with Crippen LogP contribution < -0.4 is 15.4 Å². The molecule has 0 saturated carbocycles. The number of nitrogens with one attached hydrogen (secondary N) is 2. The Hall–Kier alpha value is -3.05. The van der Waals surface area contributed by atoms with Crippen LogP contribution in [-0.4, -0.2) is 16.9 Å². The quantitative estimate of drug-likeness (QED) is 0.577. The molecule has 1 amide bonds. The van der Waals surface area contributed by atoms with Crippen molar-refractivity contribution in [3.05, 3.63) is 83.0 Å². The number of pyridine rings is 1. The van der Waals surface area contributed by atoms with Gasteiger partial charge in [-0.25, -0.2) is 4.98 Å². The highest BCUT2D eigenvalue weighted by atomic mass is 35.5. The molecule has 2 aromatic carbocycles. The molecule has 0 saturated heterocycles. The van der Waals surface area contributed by atoms with Gasteiger partial charge in [-0.1, -0.05) is 23.7 Å². The second-order valence-corrected chi connectivity index (χ2v) is 7.06. The first-order chi connectivity index (χ1) is 13.5. The maximum absolute atomic E-state index is 12.0. The summed E-state index contributed by atoms with van der Waals surface area (Å²) in [6, 6.07) is 18.8. The zero-order valence-corrected chi connectivity index (χ0v) is 16.5. The Balaban J connectivity index is 1.55. The second kappa shape index (κ2) is 9.24. The summed E-state index contributed by atoms with van der Waals surface area (Å²) < 4.78 is 5.78. The largest absolute Gasteiger partial charge is 0.489 e. The number of ether oxygens (including phenoxy) is 1. The van der Waals surface area contributed by atoms with Gasteiger partial charge in [0.2, 0.25) is 0 Å². The van der Waals surface area contributed by atoms with Crippen LogP contribution in [0, 0.1) is 0 Å². The average molecular weight is 396 g/mol. The van der Waals surface area contributed by atoms with Gasteiger partial charge < -0.3 is 15.4 Å². The van der Waals surface area contributed by atoms with Crippen LogP contribution in [0.1, 0.15) is 29.8 Å². The van der Waals surface area contributed by atoms with Crippen molar-refractivity contribution in [3.63, 3.8) is 0 Å². The number of amides is 1. The van der Waals surface area contributed by atoms with Gasteiger partial charge in [-0.15, -0.1) is 0 Å². The predicted molar refractivity (Wildman–Crippen MR) is 112 cm³/mol. The minimum absolute atomic E-state index is 0.0886. The van der Waals surface area contributed by atoms with Crippen LogP contribution in [-0.2, 0) is 6.61 Å². The van der Waals surface area contributed by atoms with Crippen molar-refractivity contribution >= 4 is 29.0 Å². The molecule has 0 unspecified atom stereocenters. The van der Waals surface area contributed by atoms with E-state index in [9.17, 15) is 4.79 Å². The molecule has 3 aromatic rings. The van der Waals surface area contributed by atoms with Crippen LogP contribution in [0.2, 0.25) is 5.02 Å². The summed E-state index contributed by atoms with van der Waals surface area (Å²) in [5.74, 6) is 1.31. The van der Waals surface area contributed by atoms with E-state index in [1.54, 1.807) is 18.3 Å². The molecule has 0 radical (unpaired) electrons. The van der Waals surface area contributed by atoms with Gasteiger partial charge in [0.1, 0.15) is 18.2 Å². The predicted octanol–water partition coefficient (Wildman–Crippen LogP) is 5.20. The first-order valence-corrected chi connectivity index (χ1v) is 9.38. The van der Waals surface area contributed by atoms with E-state index in [0.29, 0.717) is 23.0 Å². The van der Waals surface area contributed by atoms with E-state index in [-0.39, 0.29) is 11.9 Å². The van der Waals surface area contributed by atoms with Crippen molar-refractivity contribution in [1.82, 2.24) is 10.3 Å². The highest BCUT2D eigenvalue weighted by Crippen LogP contribution is 2.20. The molecular weight excluding hydrogens is 374 g/mol. The number of benzene rings is 2. The molecule has 1 heterocycles. The van der Waals surface area contributed by atoms with Crippen LogP contribution >= 0.6 is 11.6 Å². The molecule has 2 N–H and O–H groups in total. The summed E-state index contributed by atoms with van der Waals surface area (Å²) >= 11 is 5.88. The van der Waals surface area contributed by atoms with Crippen LogP contribution in [0.4, 0.5) is 11.5 Å². The zero-order valence-electron chi connectivity index (χ0n) is 15.8. The third kappa shape index (κ3) is 5.72. The Morgan fingerprint density at radius 3 is 2.36 bits per heavy atom. The maximum Gasteiger partial charge on any atom is 0.253 e. The lowest BCUT2D eigenvalue weighted by Crippen LogP contribution is -2.30. The summed E-state index contributed by atoms with van der Waals surface area (Å²) in [7, 11) is 0. The molecule has 28 heavy (non-hydrogen) atoms. The molecular formula is C22H22ClN3O2. The molecule has 0 aliphatic carbocycles. The van der Waals surface area contributed by atoms with Gasteiger partial charge in [0, 0.05) is 22.9 Å². The standard InChI is InChI=1S/C22H22ClN3O2/c1-15(2)25-22(27)17-5-12-21(24-13-17)26-19-8-10-20(11-9-19)28-14-16-3-6-18(23)7-4-16/h3-13,15H,14H2,1-2H3,(H,24,26)(H,25,27). The van der Waals surface area contributed by atoms with Crippen LogP contribution in [0.3, 0.4) is 0 Å². The lowest BCUT2D eigenvalue weighted by molar-refractivity contribution is 0.0943. The van der Waals surface area contributed by atoms with Crippen molar-refractivity contribution in [2.24, 2.45) is 0 Å². The molecule has 6 heteroatoms. The smallest absolute Gasteiger partial charge is 0.253 e. The van der Waals surface area contributed by atoms with Gasteiger partial charge in [0.05, 0.1) is 5.56 Å². The number of nitrogens with zero attached hydrogens (tertiary/aromatic N) is 1. The van der Waals surface area contributed by atoms with Gasteiger partial charge >= 0.3 is 0 Å². The van der Waals surface area contributed by atoms with Crippen LogP contribution in [0.25, 0.3) is 0 Å². The monoisotopic (exact) mass is 395 g/mol. The normalized spacial score (nSPS) is 10.6. The lowest BCUT2D eigenvalue weighted by Gasteiger charge is -2.10. The fourth-order valence-corrected chi connectivity index (χ4v) is 2.60. The van der Waals surface area contributed by atoms with Gasteiger partial charge in [-0.05, 0) is 67.9 Å². The maximum atomic E-state index is 12.0. The number of anilines is 2. The fraction of sp³-hybridized carbons (Fsp3) is 0.182. The molecule has 0 fully saturated rings. The van der Waals surface area contributed by atoms with Gasteiger partial charge in [0.25, 0.3) is 5.91 Å². The minimum atomic E-state index is -0.128. The molecule has 0 spiro atoms. The molecule has 0 bridgehead atoms. The number of rotatable bonds is 7. The summed E-state index contributed by atoms with van der Waals surface area (Å²) in [6.45, 7) is 4.32. The second-order valence-electron chi connectivity index (χ2n) is 6.62. The number of halogens is 1. The zero-order chi connectivity index (χ0) is 19.9. The van der Waals surface area contributed by atoms with Gasteiger partial charge in [0.15, 0.2) is 0 Å². The Morgan fingerprint density at radius 2 is 1.75 bits per heavy atom. The summed E-state index contributed by atoms with van der Waals surface area (Å²) in [5.41, 5.74) is 2.47. The van der Waals surface area contributed by atoms with Gasteiger partial charge in [-0.3, -0.25) is 4.79 Å². The van der Waals surface area contributed by atoms with E-state index in [4.69, 9.17) is 16.3 Å². The molecule has 1 aromatic heterocycles. The number of aromatic nitrogens is 1. The van der Waals surface area contributed by atoms with E-state index >= 15 is 0 Å². The topological polar surface area (TPSA) is 63.2 Å². The number of carbonyl (C=O) groups excluding carboxylic acids is 1. The SMILES string of the molecule is CC(C)NC(=O)c1ccc(Nc2ccc(OCc3ccc(Cl)cc3)cc2)nc1. The summed E-state index contributed by atoms with van der Waals surface area (Å²) in [6.07, 6.45) is 1.56. The van der Waals surface area contributed by atoms with E-state index in [2.05, 4.69) is 15.6 Å². The minimum Gasteiger partial charge on any atom is -0.489 e. The summed E-state index contributed by atoms with van der Waals surface area (Å²) in [4.78, 5) is 16.2. The van der Waals surface area contributed by atoms with Crippen molar-refractivity contribution < 1.29 is 9.53 Å². The van der Waals surface area contributed by atoms with E-state index in [0.717, 1.165) is 17.0 Å². The lowest BCUT2D eigenvalue weighted by atomic mass is 10.2. The molecule has 0 atom stereocenters.